The molecule has 43 heavy (non-hydrogen) atoms. The van der Waals surface area contributed by atoms with Gasteiger partial charge in [-0.3, -0.25) is 0 Å². The Morgan fingerprint density at radius 1 is 0.558 bits per heavy atom. The van der Waals surface area contributed by atoms with Crippen molar-refractivity contribution in [2.45, 2.75) is 101 Å². The predicted octanol–water partition coefficient (Wildman–Crippen LogP) is 12.2. The zero-order valence-corrected chi connectivity index (χ0v) is 28.5. The van der Waals surface area contributed by atoms with Gasteiger partial charge in [-0.05, 0) is 93.3 Å². The summed E-state index contributed by atoms with van der Waals surface area (Å²) in [6.45, 7) is 9.29. The molecule has 0 heterocycles. The normalized spacial score (nSPS) is 12.1. The van der Waals surface area contributed by atoms with E-state index >= 15 is 0 Å². The Kier molecular flexibility index (Phi) is 17.3. The molecule has 0 aliphatic heterocycles. The maximum Gasteiger partial charge on any atom is 0.441 e. The second-order valence-corrected chi connectivity index (χ2v) is 15.0. The SMILES string of the molecule is Cc1cc(C)c(OCCCCCCSC(F)(F)F)cc1CSSc1cc(OCCCCCCSC(F)(F)F)c(C)cc1C. The average Bonchev–Trinajstić information content (AvgIpc) is 2.90. The van der Waals surface area contributed by atoms with E-state index in [1.54, 1.807) is 21.6 Å². The molecule has 0 atom stereocenters. The quantitative estimate of drug-likeness (QED) is 0.0777. The van der Waals surface area contributed by atoms with Gasteiger partial charge in [-0.2, -0.15) is 26.3 Å². The van der Waals surface area contributed by atoms with Crippen molar-refractivity contribution >= 4 is 45.1 Å². The van der Waals surface area contributed by atoms with Crippen molar-refractivity contribution in [2.75, 3.05) is 24.7 Å². The second kappa shape index (κ2) is 19.5. The fraction of sp³-hybridized carbons (Fsp3) is 0.613. The molecule has 12 heteroatoms. The highest BCUT2D eigenvalue weighted by Crippen LogP contribution is 2.40. The van der Waals surface area contributed by atoms with Crippen LogP contribution in [0, 0.1) is 27.7 Å². The number of rotatable bonds is 20. The van der Waals surface area contributed by atoms with Crippen molar-refractivity contribution in [3.8, 4) is 11.5 Å². The average molecular weight is 689 g/mol. The Bertz CT molecular complexity index is 1020. The molecule has 0 saturated heterocycles. The van der Waals surface area contributed by atoms with E-state index in [9.17, 15) is 26.3 Å². The molecule has 0 saturated carbocycles. The molecule has 0 aliphatic rings. The largest absolute Gasteiger partial charge is 0.493 e. The highest BCUT2D eigenvalue weighted by molar-refractivity contribution is 8.76. The van der Waals surface area contributed by atoms with Crippen molar-refractivity contribution < 1.29 is 35.8 Å². The third kappa shape index (κ3) is 16.8. The molecule has 0 aliphatic carbocycles. The van der Waals surface area contributed by atoms with Crippen LogP contribution in [0.2, 0.25) is 0 Å². The van der Waals surface area contributed by atoms with Crippen LogP contribution in [0.1, 0.15) is 79.2 Å². The number of aryl methyl sites for hydroxylation is 4. The van der Waals surface area contributed by atoms with E-state index in [0.717, 1.165) is 71.8 Å². The smallest absolute Gasteiger partial charge is 0.441 e. The van der Waals surface area contributed by atoms with Crippen LogP contribution >= 0.6 is 45.1 Å². The lowest BCUT2D eigenvalue weighted by Gasteiger charge is -2.15. The molecule has 2 rings (SSSR count). The fourth-order valence-corrected chi connectivity index (χ4v) is 7.86. The van der Waals surface area contributed by atoms with Crippen LogP contribution in [-0.4, -0.2) is 35.7 Å². The predicted molar refractivity (Wildman–Crippen MR) is 174 cm³/mol. The van der Waals surface area contributed by atoms with Gasteiger partial charge in [-0.15, -0.1) is 0 Å². The molecule has 244 valence electrons. The van der Waals surface area contributed by atoms with E-state index < -0.39 is 11.0 Å². The van der Waals surface area contributed by atoms with Crippen LogP contribution in [0.4, 0.5) is 26.3 Å². The molecule has 2 nitrogen and oxygen atoms in total. The van der Waals surface area contributed by atoms with Crippen molar-refractivity contribution in [1.29, 1.82) is 0 Å². The van der Waals surface area contributed by atoms with E-state index in [2.05, 4.69) is 38.1 Å². The lowest BCUT2D eigenvalue weighted by molar-refractivity contribution is -0.0336. The summed E-state index contributed by atoms with van der Waals surface area (Å²) in [6.07, 6.45) is 5.92. The van der Waals surface area contributed by atoms with E-state index in [0.29, 0.717) is 26.1 Å². The first-order chi connectivity index (χ1) is 20.2. The first kappa shape index (κ1) is 38.2. The number of ether oxygens (including phenoxy) is 2. The molecule has 0 N–H and O–H groups in total. The van der Waals surface area contributed by atoms with Gasteiger partial charge in [0.2, 0.25) is 0 Å². The Hall–Kier alpha value is -0.980. The number of benzene rings is 2. The summed E-state index contributed by atoms with van der Waals surface area (Å²) >= 11 is 0.0920. The molecule has 0 aromatic heterocycles. The maximum absolute atomic E-state index is 12.2. The minimum absolute atomic E-state index is 0.0457. The number of hydrogen-bond acceptors (Lipinski definition) is 6. The van der Waals surface area contributed by atoms with E-state index in [-0.39, 0.29) is 35.0 Å². The summed E-state index contributed by atoms with van der Waals surface area (Å²) in [5, 5.41) is 0. The van der Waals surface area contributed by atoms with Crippen LogP contribution in [0.15, 0.2) is 29.2 Å². The molecule has 0 fully saturated rings. The van der Waals surface area contributed by atoms with Crippen LogP contribution < -0.4 is 9.47 Å². The molecule has 2 aromatic rings. The lowest BCUT2D eigenvalue weighted by atomic mass is 10.1. The third-order valence-electron chi connectivity index (χ3n) is 6.59. The number of unbranched alkanes of at least 4 members (excludes halogenated alkanes) is 6. The highest BCUT2D eigenvalue weighted by atomic mass is 33.1. The fourth-order valence-electron chi connectivity index (χ4n) is 4.26. The second-order valence-electron chi connectivity index (χ2n) is 10.4. The van der Waals surface area contributed by atoms with Crippen molar-refractivity contribution in [2.24, 2.45) is 0 Å². The van der Waals surface area contributed by atoms with Crippen LogP contribution in [0.3, 0.4) is 0 Å². The van der Waals surface area contributed by atoms with Crippen LogP contribution in [0.25, 0.3) is 0 Å². The first-order valence-corrected chi connectivity index (χ1v) is 18.7. The van der Waals surface area contributed by atoms with Gasteiger partial charge in [-0.25, -0.2) is 0 Å². The van der Waals surface area contributed by atoms with E-state index in [4.69, 9.17) is 9.47 Å². The van der Waals surface area contributed by atoms with Crippen LogP contribution in [0.5, 0.6) is 11.5 Å². The number of thioether (sulfide) groups is 2. The molecule has 0 radical (unpaired) electrons. The number of halogens is 6. The molecular weight excluding hydrogens is 647 g/mol. The zero-order valence-electron chi connectivity index (χ0n) is 25.2. The van der Waals surface area contributed by atoms with Gasteiger partial charge in [0.1, 0.15) is 11.5 Å². The van der Waals surface area contributed by atoms with Gasteiger partial charge in [0.25, 0.3) is 0 Å². The van der Waals surface area contributed by atoms with Crippen molar-refractivity contribution in [1.82, 2.24) is 0 Å². The summed E-state index contributed by atoms with van der Waals surface area (Å²) in [5.41, 5.74) is -2.61. The van der Waals surface area contributed by atoms with Gasteiger partial charge < -0.3 is 9.47 Å². The van der Waals surface area contributed by atoms with Gasteiger partial charge in [-0.1, -0.05) is 82.9 Å². The molecular formula is C31H42F6O2S4. The molecule has 0 bridgehead atoms. The Morgan fingerprint density at radius 3 is 1.53 bits per heavy atom. The van der Waals surface area contributed by atoms with E-state index in [1.807, 2.05) is 13.8 Å². The number of alkyl halides is 6. The van der Waals surface area contributed by atoms with Gasteiger partial charge in [0.15, 0.2) is 0 Å². The maximum atomic E-state index is 12.2. The molecule has 2 aromatic carbocycles. The van der Waals surface area contributed by atoms with Crippen molar-refractivity contribution in [3.05, 3.63) is 52.1 Å². The third-order valence-corrected chi connectivity index (χ3v) is 10.6. The number of hydrogen-bond donors (Lipinski definition) is 0. The van der Waals surface area contributed by atoms with Crippen LogP contribution in [-0.2, 0) is 5.75 Å². The standard InChI is InChI=1S/C31H42F6O2S4/c1-22-17-23(2)27(38-13-9-5-7-11-15-40-30(32,33)34)19-26(22)21-42-43-29-20-28(24(3)18-25(29)4)39-14-10-6-8-12-16-41-31(35,36)37/h17-20H,5-16,21H2,1-4H3. The zero-order chi connectivity index (χ0) is 31.9. The molecule has 0 amide bonds. The van der Waals surface area contributed by atoms with E-state index in [1.165, 1.54) is 16.7 Å². The summed E-state index contributed by atoms with van der Waals surface area (Å²) < 4.78 is 85.3. The molecule has 0 unspecified atom stereocenters. The van der Waals surface area contributed by atoms with Gasteiger partial charge in [0, 0.05) is 22.2 Å². The Labute approximate surface area is 269 Å². The molecule has 0 spiro atoms. The topological polar surface area (TPSA) is 18.5 Å². The minimum Gasteiger partial charge on any atom is -0.493 e. The Balaban J connectivity index is 1.77. The van der Waals surface area contributed by atoms with Gasteiger partial charge >= 0.3 is 11.0 Å². The highest BCUT2D eigenvalue weighted by Gasteiger charge is 2.27. The monoisotopic (exact) mass is 688 g/mol. The first-order valence-electron chi connectivity index (χ1n) is 14.4. The summed E-state index contributed by atoms with van der Waals surface area (Å²) in [7, 11) is 3.44. The summed E-state index contributed by atoms with van der Waals surface area (Å²) in [5.74, 6) is 2.69. The summed E-state index contributed by atoms with van der Waals surface area (Å²) in [6, 6.07) is 8.41. The minimum atomic E-state index is -4.15. The van der Waals surface area contributed by atoms with Crippen molar-refractivity contribution in [3.63, 3.8) is 0 Å². The van der Waals surface area contributed by atoms with Gasteiger partial charge in [0.05, 0.1) is 13.2 Å². The Morgan fingerprint density at radius 2 is 1.02 bits per heavy atom. The summed E-state index contributed by atoms with van der Waals surface area (Å²) in [4.78, 5) is 1.13. The lowest BCUT2D eigenvalue weighted by Crippen LogP contribution is -2.02.